The lowest BCUT2D eigenvalue weighted by Crippen LogP contribution is -2.46. The van der Waals surface area contributed by atoms with Crippen molar-refractivity contribution < 1.29 is 4.79 Å². The predicted octanol–water partition coefficient (Wildman–Crippen LogP) is 1.24. The largest absolute Gasteiger partial charge is 0.334 e. The van der Waals surface area contributed by atoms with Gasteiger partial charge in [0.1, 0.15) is 0 Å². The van der Waals surface area contributed by atoms with E-state index in [4.69, 9.17) is 0 Å². The van der Waals surface area contributed by atoms with Gasteiger partial charge in [-0.25, -0.2) is 4.79 Å². The van der Waals surface area contributed by atoms with Crippen LogP contribution in [0.2, 0.25) is 0 Å². The molecular weight excluding hydrogens is 214 g/mol. The van der Waals surface area contributed by atoms with Crippen LogP contribution in [0.4, 0.5) is 4.79 Å². The summed E-state index contributed by atoms with van der Waals surface area (Å²) < 4.78 is 0. The number of hydrogen-bond acceptors (Lipinski definition) is 2. The molecule has 4 heteroatoms. The summed E-state index contributed by atoms with van der Waals surface area (Å²) in [5.41, 5.74) is 1.11. The zero-order chi connectivity index (χ0) is 12.1. The number of urea groups is 1. The third-order valence-electron chi connectivity index (χ3n) is 3.14. The van der Waals surface area contributed by atoms with Crippen LogP contribution in [0.3, 0.4) is 0 Å². The minimum absolute atomic E-state index is 0.0885. The summed E-state index contributed by atoms with van der Waals surface area (Å²) in [5.74, 6) is 0. The molecule has 0 saturated carbocycles. The topological polar surface area (TPSA) is 53.2 Å². The molecule has 92 valence electrons. The molecule has 1 aliphatic heterocycles. The van der Waals surface area contributed by atoms with E-state index in [1.807, 2.05) is 30.3 Å². The predicted molar refractivity (Wildman–Crippen MR) is 67.7 cm³/mol. The van der Waals surface area contributed by atoms with Crippen molar-refractivity contribution in [2.75, 3.05) is 6.54 Å². The number of benzene rings is 1. The summed E-state index contributed by atoms with van der Waals surface area (Å²) in [6, 6.07) is 10.4. The molecular formula is C13H19N3O. The fraction of sp³-hybridized carbons (Fsp3) is 0.462. The van der Waals surface area contributed by atoms with E-state index in [0.29, 0.717) is 12.6 Å². The third-order valence-corrected chi connectivity index (χ3v) is 3.14. The molecule has 0 aliphatic carbocycles. The van der Waals surface area contributed by atoms with Crippen LogP contribution >= 0.6 is 0 Å². The van der Waals surface area contributed by atoms with Crippen LogP contribution in [-0.2, 0) is 6.54 Å². The van der Waals surface area contributed by atoms with Gasteiger partial charge in [0.2, 0.25) is 0 Å². The Hall–Kier alpha value is -1.55. The number of hydrogen-bond donors (Lipinski definition) is 3. The molecule has 1 aromatic carbocycles. The van der Waals surface area contributed by atoms with Crippen molar-refractivity contribution >= 4 is 6.03 Å². The molecule has 0 bridgehead atoms. The molecule has 1 aliphatic rings. The van der Waals surface area contributed by atoms with Gasteiger partial charge in [-0.3, -0.25) is 0 Å². The Balaban J connectivity index is 1.74. The molecule has 2 atom stereocenters. The molecule has 0 aromatic heterocycles. The van der Waals surface area contributed by atoms with Gasteiger partial charge in [-0.1, -0.05) is 30.3 Å². The smallest absolute Gasteiger partial charge is 0.315 e. The summed E-state index contributed by atoms with van der Waals surface area (Å²) >= 11 is 0. The summed E-state index contributed by atoms with van der Waals surface area (Å²) in [4.78, 5) is 11.7. The van der Waals surface area contributed by atoms with Gasteiger partial charge in [-0.15, -0.1) is 0 Å². The van der Waals surface area contributed by atoms with E-state index in [-0.39, 0.29) is 12.1 Å². The van der Waals surface area contributed by atoms with E-state index in [1.54, 1.807) is 0 Å². The number of carbonyl (C=O) groups is 1. The Morgan fingerprint density at radius 3 is 2.82 bits per heavy atom. The molecule has 4 nitrogen and oxygen atoms in total. The summed E-state index contributed by atoms with van der Waals surface area (Å²) in [5, 5.41) is 9.16. The van der Waals surface area contributed by atoms with E-state index >= 15 is 0 Å². The second kappa shape index (κ2) is 5.68. The van der Waals surface area contributed by atoms with Crippen LogP contribution in [0.25, 0.3) is 0 Å². The van der Waals surface area contributed by atoms with Crippen molar-refractivity contribution in [1.29, 1.82) is 0 Å². The fourth-order valence-corrected chi connectivity index (χ4v) is 2.05. The normalized spacial score (nSPS) is 23.4. The second-order valence-corrected chi connectivity index (χ2v) is 4.45. The minimum atomic E-state index is -0.0885. The fourth-order valence-electron chi connectivity index (χ4n) is 2.05. The van der Waals surface area contributed by atoms with E-state index in [2.05, 4.69) is 22.9 Å². The van der Waals surface area contributed by atoms with Crippen LogP contribution in [0.1, 0.15) is 18.9 Å². The van der Waals surface area contributed by atoms with Crippen LogP contribution < -0.4 is 16.0 Å². The number of carbonyl (C=O) groups excluding carboxylic acids is 1. The molecule has 1 fully saturated rings. The van der Waals surface area contributed by atoms with Gasteiger partial charge in [-0.2, -0.15) is 0 Å². The van der Waals surface area contributed by atoms with Gasteiger partial charge < -0.3 is 16.0 Å². The van der Waals surface area contributed by atoms with Gasteiger partial charge in [0.25, 0.3) is 0 Å². The lowest BCUT2D eigenvalue weighted by molar-refractivity contribution is 0.235. The Kier molecular flexibility index (Phi) is 3.98. The van der Waals surface area contributed by atoms with Gasteiger partial charge in [0.05, 0.1) is 0 Å². The van der Waals surface area contributed by atoms with Crippen molar-refractivity contribution in [2.45, 2.75) is 32.0 Å². The highest BCUT2D eigenvalue weighted by atomic mass is 16.2. The summed E-state index contributed by atoms with van der Waals surface area (Å²) in [7, 11) is 0. The van der Waals surface area contributed by atoms with Crippen LogP contribution in [-0.4, -0.2) is 24.7 Å². The average molecular weight is 233 g/mol. The van der Waals surface area contributed by atoms with Crippen LogP contribution in [0.15, 0.2) is 30.3 Å². The Morgan fingerprint density at radius 1 is 1.41 bits per heavy atom. The monoisotopic (exact) mass is 233 g/mol. The number of amides is 2. The van der Waals surface area contributed by atoms with Crippen LogP contribution in [0.5, 0.6) is 0 Å². The van der Waals surface area contributed by atoms with Crippen LogP contribution in [0, 0.1) is 0 Å². The highest BCUT2D eigenvalue weighted by Gasteiger charge is 2.23. The minimum Gasteiger partial charge on any atom is -0.334 e. The van der Waals surface area contributed by atoms with Crippen molar-refractivity contribution in [3.05, 3.63) is 35.9 Å². The molecule has 17 heavy (non-hydrogen) atoms. The third kappa shape index (κ3) is 3.46. The lowest BCUT2D eigenvalue weighted by Gasteiger charge is -2.17. The zero-order valence-corrected chi connectivity index (χ0v) is 10.1. The van der Waals surface area contributed by atoms with Crippen molar-refractivity contribution in [3.8, 4) is 0 Å². The van der Waals surface area contributed by atoms with E-state index in [1.165, 1.54) is 0 Å². The molecule has 0 radical (unpaired) electrons. The highest BCUT2D eigenvalue weighted by Crippen LogP contribution is 2.05. The van der Waals surface area contributed by atoms with Gasteiger partial charge in [0.15, 0.2) is 0 Å². The molecule has 0 spiro atoms. The maximum atomic E-state index is 11.7. The van der Waals surface area contributed by atoms with Crippen molar-refractivity contribution in [1.82, 2.24) is 16.0 Å². The second-order valence-electron chi connectivity index (χ2n) is 4.45. The van der Waals surface area contributed by atoms with Crippen molar-refractivity contribution in [2.24, 2.45) is 0 Å². The molecule has 2 rings (SSSR count). The maximum Gasteiger partial charge on any atom is 0.315 e. The van der Waals surface area contributed by atoms with Gasteiger partial charge in [0, 0.05) is 18.6 Å². The Labute approximate surface area is 102 Å². The number of rotatable bonds is 3. The summed E-state index contributed by atoms with van der Waals surface area (Å²) in [6.45, 7) is 3.64. The Morgan fingerprint density at radius 2 is 2.18 bits per heavy atom. The molecule has 1 saturated heterocycles. The molecule has 2 unspecified atom stereocenters. The first-order chi connectivity index (χ1) is 8.25. The molecule has 3 N–H and O–H groups in total. The average Bonchev–Trinajstić information content (AvgIpc) is 2.74. The summed E-state index contributed by atoms with van der Waals surface area (Å²) in [6.07, 6.45) is 1.000. The van der Waals surface area contributed by atoms with E-state index in [9.17, 15) is 4.79 Å². The Bertz CT molecular complexity index is 366. The van der Waals surface area contributed by atoms with Gasteiger partial charge in [-0.05, 0) is 25.5 Å². The molecule has 1 heterocycles. The number of nitrogens with one attached hydrogen (secondary N) is 3. The first kappa shape index (κ1) is 11.9. The van der Waals surface area contributed by atoms with Crippen molar-refractivity contribution in [3.63, 3.8) is 0 Å². The maximum absolute atomic E-state index is 11.7. The quantitative estimate of drug-likeness (QED) is 0.735. The SMILES string of the molecule is CC1NCCC1NC(=O)NCc1ccccc1. The van der Waals surface area contributed by atoms with Gasteiger partial charge >= 0.3 is 6.03 Å². The molecule has 1 aromatic rings. The zero-order valence-electron chi connectivity index (χ0n) is 10.1. The highest BCUT2D eigenvalue weighted by molar-refractivity contribution is 5.74. The lowest BCUT2D eigenvalue weighted by atomic mass is 10.1. The first-order valence-electron chi connectivity index (χ1n) is 6.07. The molecule has 2 amide bonds. The van der Waals surface area contributed by atoms with E-state index < -0.39 is 0 Å². The standard InChI is InChI=1S/C13H19N3O/c1-10-12(7-8-14-10)16-13(17)15-9-11-5-3-2-4-6-11/h2-6,10,12,14H,7-9H2,1H3,(H2,15,16,17). The first-order valence-corrected chi connectivity index (χ1v) is 6.07. The van der Waals surface area contributed by atoms with E-state index in [0.717, 1.165) is 18.5 Å².